The summed E-state index contributed by atoms with van der Waals surface area (Å²) in [5, 5.41) is 9.54. The van der Waals surface area contributed by atoms with E-state index in [1.165, 1.54) is 12.1 Å². The maximum Gasteiger partial charge on any atom is 0.126 e. The first-order valence-corrected chi connectivity index (χ1v) is 4.31. The van der Waals surface area contributed by atoms with Crippen molar-refractivity contribution in [3.63, 3.8) is 0 Å². The van der Waals surface area contributed by atoms with Gasteiger partial charge in [0, 0.05) is 11.1 Å². The molecule has 0 amide bonds. The molecule has 1 aromatic rings. The van der Waals surface area contributed by atoms with Gasteiger partial charge in [-0.3, -0.25) is 0 Å². The normalized spacial score (nSPS) is 18.7. The van der Waals surface area contributed by atoms with E-state index in [9.17, 15) is 9.50 Å². The minimum Gasteiger partial charge on any atom is -0.508 e. The molecule has 1 aliphatic rings. The van der Waals surface area contributed by atoms with Gasteiger partial charge in [0.1, 0.15) is 11.6 Å². The summed E-state index contributed by atoms with van der Waals surface area (Å²) in [6, 6.07) is 2.77. The third-order valence-corrected chi connectivity index (χ3v) is 2.60. The number of phenols is 1. The minimum absolute atomic E-state index is 0.110. The van der Waals surface area contributed by atoms with Crippen molar-refractivity contribution in [1.82, 2.24) is 0 Å². The molecule has 1 aliphatic carbocycles. The second kappa shape index (κ2) is 2.45. The predicted molar refractivity (Wildman–Crippen MR) is 47.9 cm³/mol. The third kappa shape index (κ3) is 1.29. The monoisotopic (exact) mass is 181 g/mol. The second-order valence-electron chi connectivity index (χ2n) is 3.77. The molecule has 3 heteroatoms. The largest absolute Gasteiger partial charge is 0.508 e. The Balaban J connectivity index is 2.52. The average molecular weight is 181 g/mol. The van der Waals surface area contributed by atoms with Crippen LogP contribution in [0.15, 0.2) is 12.1 Å². The van der Waals surface area contributed by atoms with Crippen LogP contribution in [-0.4, -0.2) is 5.11 Å². The van der Waals surface area contributed by atoms with Gasteiger partial charge in [0.15, 0.2) is 0 Å². The molecule has 0 heterocycles. The van der Waals surface area contributed by atoms with Gasteiger partial charge in [-0.15, -0.1) is 0 Å². The van der Waals surface area contributed by atoms with Gasteiger partial charge in [-0.25, -0.2) is 4.39 Å². The summed E-state index contributed by atoms with van der Waals surface area (Å²) < 4.78 is 13.2. The summed E-state index contributed by atoms with van der Waals surface area (Å²) in [7, 11) is 0. The lowest BCUT2D eigenvalue weighted by atomic mass is 10.0. The second-order valence-corrected chi connectivity index (χ2v) is 3.77. The number of aryl methyl sites for hydroxylation is 1. The number of hydrogen-bond donors (Lipinski definition) is 2. The zero-order valence-electron chi connectivity index (χ0n) is 7.47. The molecular formula is C10H12FNO. The lowest BCUT2D eigenvalue weighted by molar-refractivity contribution is 0.455. The zero-order valence-corrected chi connectivity index (χ0v) is 7.47. The summed E-state index contributed by atoms with van der Waals surface area (Å²) in [5.74, 6) is -0.191. The molecule has 0 bridgehead atoms. The molecule has 2 nitrogen and oxygen atoms in total. The molecule has 1 saturated carbocycles. The first-order chi connectivity index (χ1) is 6.03. The zero-order chi connectivity index (χ0) is 9.64. The van der Waals surface area contributed by atoms with E-state index in [1.54, 1.807) is 6.92 Å². The Bertz CT molecular complexity index is 358. The average Bonchev–Trinajstić information content (AvgIpc) is 2.77. The summed E-state index contributed by atoms with van der Waals surface area (Å²) in [5.41, 5.74) is 6.37. The van der Waals surface area contributed by atoms with E-state index in [0.717, 1.165) is 12.8 Å². The first-order valence-electron chi connectivity index (χ1n) is 4.31. The maximum atomic E-state index is 13.2. The molecule has 0 spiro atoms. The van der Waals surface area contributed by atoms with Crippen LogP contribution >= 0.6 is 0 Å². The molecule has 13 heavy (non-hydrogen) atoms. The smallest absolute Gasteiger partial charge is 0.126 e. The van der Waals surface area contributed by atoms with E-state index in [0.29, 0.717) is 11.1 Å². The maximum absolute atomic E-state index is 13.2. The van der Waals surface area contributed by atoms with Crippen LogP contribution in [0.5, 0.6) is 5.75 Å². The fourth-order valence-electron chi connectivity index (χ4n) is 1.47. The van der Waals surface area contributed by atoms with E-state index in [2.05, 4.69) is 0 Å². The Morgan fingerprint density at radius 2 is 2.08 bits per heavy atom. The number of nitrogens with two attached hydrogens (primary N) is 1. The topological polar surface area (TPSA) is 46.2 Å². The van der Waals surface area contributed by atoms with Crippen molar-refractivity contribution < 1.29 is 9.50 Å². The highest BCUT2D eigenvalue weighted by Gasteiger charge is 2.42. The van der Waals surface area contributed by atoms with E-state index in [1.807, 2.05) is 0 Å². The Hall–Kier alpha value is -1.09. The third-order valence-electron chi connectivity index (χ3n) is 2.60. The van der Waals surface area contributed by atoms with Gasteiger partial charge in [0.25, 0.3) is 0 Å². The van der Waals surface area contributed by atoms with Gasteiger partial charge in [0.05, 0.1) is 0 Å². The van der Waals surface area contributed by atoms with Crippen LogP contribution < -0.4 is 5.73 Å². The van der Waals surface area contributed by atoms with Gasteiger partial charge < -0.3 is 10.8 Å². The van der Waals surface area contributed by atoms with Crippen molar-refractivity contribution in [3.05, 3.63) is 29.1 Å². The van der Waals surface area contributed by atoms with Crippen molar-refractivity contribution in [2.45, 2.75) is 25.3 Å². The van der Waals surface area contributed by atoms with Crippen molar-refractivity contribution in [1.29, 1.82) is 0 Å². The number of benzene rings is 1. The van der Waals surface area contributed by atoms with E-state index < -0.39 is 5.54 Å². The molecule has 70 valence electrons. The van der Waals surface area contributed by atoms with E-state index >= 15 is 0 Å². The van der Waals surface area contributed by atoms with Crippen LogP contribution in [0.25, 0.3) is 0 Å². The molecule has 0 saturated heterocycles. The van der Waals surface area contributed by atoms with Gasteiger partial charge in [-0.2, -0.15) is 0 Å². The summed E-state index contributed by atoms with van der Waals surface area (Å²) >= 11 is 0. The number of rotatable bonds is 1. The van der Waals surface area contributed by atoms with E-state index in [-0.39, 0.29) is 11.6 Å². The standard InChI is InChI=1S/C10H12FNO/c1-6-4-9(13)7(5-8(6)11)10(12)2-3-10/h4-5,13H,2-3,12H2,1H3. The molecule has 3 N–H and O–H groups in total. The van der Waals surface area contributed by atoms with Crippen LogP contribution in [0, 0.1) is 12.7 Å². The molecule has 0 aliphatic heterocycles. The summed E-state index contributed by atoms with van der Waals surface area (Å²) in [4.78, 5) is 0. The quantitative estimate of drug-likeness (QED) is 0.693. The van der Waals surface area contributed by atoms with Crippen molar-refractivity contribution in [3.8, 4) is 5.75 Å². The van der Waals surface area contributed by atoms with Gasteiger partial charge in [-0.1, -0.05) is 0 Å². The molecule has 0 aromatic heterocycles. The van der Waals surface area contributed by atoms with Crippen LogP contribution in [0.4, 0.5) is 4.39 Å². The number of phenolic OH excluding ortho intramolecular Hbond substituents is 1. The summed E-state index contributed by atoms with van der Waals surface area (Å²) in [6.45, 7) is 1.62. The SMILES string of the molecule is Cc1cc(O)c(C2(N)CC2)cc1F. The molecule has 1 aromatic carbocycles. The van der Waals surface area contributed by atoms with Crippen LogP contribution in [-0.2, 0) is 5.54 Å². The van der Waals surface area contributed by atoms with Crippen molar-refractivity contribution >= 4 is 0 Å². The van der Waals surface area contributed by atoms with E-state index in [4.69, 9.17) is 5.73 Å². The Morgan fingerprint density at radius 1 is 1.46 bits per heavy atom. The fraction of sp³-hybridized carbons (Fsp3) is 0.400. The lowest BCUT2D eigenvalue weighted by Gasteiger charge is -2.12. The molecule has 1 fully saturated rings. The number of hydrogen-bond acceptors (Lipinski definition) is 2. The Morgan fingerprint density at radius 3 is 2.62 bits per heavy atom. The predicted octanol–water partition coefficient (Wildman–Crippen LogP) is 1.79. The highest BCUT2D eigenvalue weighted by atomic mass is 19.1. The van der Waals surface area contributed by atoms with Crippen LogP contribution in [0.3, 0.4) is 0 Å². The Labute approximate surface area is 76.2 Å². The van der Waals surface area contributed by atoms with Gasteiger partial charge in [-0.05, 0) is 37.5 Å². The lowest BCUT2D eigenvalue weighted by Crippen LogP contribution is -2.19. The molecule has 0 unspecified atom stereocenters. The number of aromatic hydroxyl groups is 1. The molecular weight excluding hydrogens is 169 g/mol. The fourth-order valence-corrected chi connectivity index (χ4v) is 1.47. The van der Waals surface area contributed by atoms with Crippen molar-refractivity contribution in [2.24, 2.45) is 5.73 Å². The van der Waals surface area contributed by atoms with Crippen LogP contribution in [0.2, 0.25) is 0 Å². The molecule has 0 atom stereocenters. The van der Waals surface area contributed by atoms with Gasteiger partial charge >= 0.3 is 0 Å². The van der Waals surface area contributed by atoms with Gasteiger partial charge in [0.2, 0.25) is 0 Å². The Kier molecular flexibility index (Phi) is 1.60. The van der Waals surface area contributed by atoms with Crippen LogP contribution in [0.1, 0.15) is 24.0 Å². The van der Waals surface area contributed by atoms with Crippen molar-refractivity contribution in [2.75, 3.05) is 0 Å². The summed E-state index contributed by atoms with van der Waals surface area (Å²) in [6.07, 6.45) is 1.64. The highest BCUT2D eigenvalue weighted by molar-refractivity contribution is 5.44. The first kappa shape index (κ1) is 8.51. The minimum atomic E-state index is -0.474. The number of halogens is 1. The molecule has 0 radical (unpaired) electrons. The molecule has 2 rings (SSSR count). The highest BCUT2D eigenvalue weighted by Crippen LogP contribution is 2.46.